The van der Waals surface area contributed by atoms with Crippen LogP contribution in [0.5, 0.6) is 0 Å². The second-order valence-electron chi connectivity index (χ2n) is 5.93. The molecule has 2 aromatic rings. The van der Waals surface area contributed by atoms with Gasteiger partial charge in [-0.1, -0.05) is 25.5 Å². The summed E-state index contributed by atoms with van der Waals surface area (Å²) in [5.74, 6) is 0. The molecular formula is C17H25N3O2S. The number of aromatic nitrogens is 2. The second-order valence-corrected chi connectivity index (χ2v) is 7.65. The number of aryl methyl sites for hydroxylation is 3. The van der Waals surface area contributed by atoms with E-state index in [1.165, 1.54) is 5.56 Å². The van der Waals surface area contributed by atoms with Gasteiger partial charge in [0.2, 0.25) is 10.0 Å². The fourth-order valence-corrected chi connectivity index (χ4v) is 3.85. The highest BCUT2D eigenvalue weighted by atomic mass is 32.2. The molecule has 1 aromatic carbocycles. The highest BCUT2D eigenvalue weighted by molar-refractivity contribution is 7.89. The summed E-state index contributed by atoms with van der Waals surface area (Å²) in [4.78, 5) is 0.297. The molecule has 0 bridgehead atoms. The van der Waals surface area contributed by atoms with Crippen LogP contribution in [-0.4, -0.2) is 18.2 Å². The van der Waals surface area contributed by atoms with E-state index in [1.807, 2.05) is 39.2 Å². The normalized spacial score (nSPS) is 13.2. The van der Waals surface area contributed by atoms with Crippen molar-refractivity contribution in [1.82, 2.24) is 14.5 Å². The van der Waals surface area contributed by atoms with E-state index in [9.17, 15) is 8.42 Å². The predicted octanol–water partition coefficient (Wildman–Crippen LogP) is 3.11. The van der Waals surface area contributed by atoms with E-state index in [1.54, 1.807) is 16.8 Å². The molecule has 5 nitrogen and oxygen atoms in total. The lowest BCUT2D eigenvalue weighted by molar-refractivity contribution is 0.566. The number of sulfonamides is 1. The van der Waals surface area contributed by atoms with Crippen molar-refractivity contribution in [3.8, 4) is 0 Å². The van der Waals surface area contributed by atoms with E-state index in [0.717, 1.165) is 30.5 Å². The third-order valence-corrected chi connectivity index (χ3v) is 5.46. The zero-order valence-corrected chi connectivity index (χ0v) is 15.0. The van der Waals surface area contributed by atoms with Crippen LogP contribution in [0.4, 0.5) is 0 Å². The largest absolute Gasteiger partial charge is 0.275 e. The lowest BCUT2D eigenvalue weighted by Gasteiger charge is -2.14. The van der Waals surface area contributed by atoms with Crippen LogP contribution >= 0.6 is 0 Å². The van der Waals surface area contributed by atoms with Gasteiger partial charge in [-0.2, -0.15) is 5.10 Å². The van der Waals surface area contributed by atoms with Crippen LogP contribution in [0.25, 0.3) is 0 Å². The number of benzene rings is 1. The van der Waals surface area contributed by atoms with Crippen molar-refractivity contribution >= 4 is 10.0 Å². The summed E-state index contributed by atoms with van der Waals surface area (Å²) < 4.78 is 29.5. The molecule has 0 aliphatic rings. The van der Waals surface area contributed by atoms with Crippen LogP contribution in [0.2, 0.25) is 0 Å². The number of rotatable bonds is 7. The summed E-state index contributed by atoms with van der Waals surface area (Å²) in [6.07, 6.45) is 5.07. The van der Waals surface area contributed by atoms with Crippen molar-refractivity contribution in [3.63, 3.8) is 0 Å². The summed E-state index contributed by atoms with van der Waals surface area (Å²) >= 11 is 0. The van der Waals surface area contributed by atoms with Gasteiger partial charge in [0.05, 0.1) is 10.6 Å². The highest BCUT2D eigenvalue weighted by Gasteiger charge is 2.20. The maximum atomic E-state index is 12.5. The van der Waals surface area contributed by atoms with E-state index in [0.29, 0.717) is 4.90 Å². The molecule has 126 valence electrons. The quantitative estimate of drug-likeness (QED) is 0.845. The Balaban J connectivity index is 2.13. The monoisotopic (exact) mass is 335 g/mol. The van der Waals surface area contributed by atoms with Gasteiger partial charge < -0.3 is 0 Å². The Kier molecular flexibility index (Phi) is 5.59. The molecule has 0 saturated heterocycles. The Morgan fingerprint density at radius 1 is 1.26 bits per heavy atom. The minimum absolute atomic E-state index is 0.297. The van der Waals surface area contributed by atoms with Crippen molar-refractivity contribution in [3.05, 3.63) is 47.3 Å². The molecule has 0 aliphatic heterocycles. The Bertz CT molecular complexity index is 749. The van der Waals surface area contributed by atoms with Gasteiger partial charge in [-0.3, -0.25) is 4.68 Å². The minimum Gasteiger partial charge on any atom is -0.275 e. The number of hydrogen-bond acceptors (Lipinski definition) is 3. The summed E-state index contributed by atoms with van der Waals surface area (Å²) in [5.41, 5.74) is 2.88. The second kappa shape index (κ2) is 7.27. The molecule has 2 rings (SSSR count). The SMILES string of the molecule is CCCCc1ccc(S(=O)(=O)NC(C)c2cn(C)nc2C)cc1. The predicted molar refractivity (Wildman–Crippen MR) is 91.7 cm³/mol. The highest BCUT2D eigenvalue weighted by Crippen LogP contribution is 2.19. The van der Waals surface area contributed by atoms with Gasteiger partial charge in [-0.15, -0.1) is 0 Å². The van der Waals surface area contributed by atoms with Crippen molar-refractivity contribution in [2.24, 2.45) is 7.05 Å². The number of nitrogens with one attached hydrogen (secondary N) is 1. The molecule has 6 heteroatoms. The molecule has 1 unspecified atom stereocenters. The molecule has 1 N–H and O–H groups in total. The van der Waals surface area contributed by atoms with Crippen LogP contribution in [0.1, 0.15) is 49.6 Å². The first-order valence-corrected chi connectivity index (χ1v) is 9.43. The zero-order chi connectivity index (χ0) is 17.0. The van der Waals surface area contributed by atoms with Gasteiger partial charge in [-0.25, -0.2) is 13.1 Å². The zero-order valence-electron chi connectivity index (χ0n) is 14.2. The van der Waals surface area contributed by atoms with E-state index in [2.05, 4.69) is 16.7 Å². The molecule has 1 atom stereocenters. The van der Waals surface area contributed by atoms with Crippen LogP contribution < -0.4 is 4.72 Å². The van der Waals surface area contributed by atoms with Gasteiger partial charge in [-0.05, 0) is 44.4 Å². The Morgan fingerprint density at radius 2 is 1.91 bits per heavy atom. The van der Waals surface area contributed by atoms with E-state index in [4.69, 9.17) is 0 Å². The maximum absolute atomic E-state index is 12.5. The number of unbranched alkanes of at least 4 members (excludes halogenated alkanes) is 1. The van der Waals surface area contributed by atoms with Crippen molar-refractivity contribution in [2.75, 3.05) is 0 Å². The third-order valence-electron chi connectivity index (χ3n) is 3.90. The molecule has 1 heterocycles. The van der Waals surface area contributed by atoms with Crippen molar-refractivity contribution in [1.29, 1.82) is 0 Å². The van der Waals surface area contributed by atoms with Gasteiger partial charge in [0.15, 0.2) is 0 Å². The van der Waals surface area contributed by atoms with Crippen LogP contribution in [0.3, 0.4) is 0 Å². The fraction of sp³-hybridized carbons (Fsp3) is 0.471. The first kappa shape index (κ1) is 17.7. The molecule has 0 spiro atoms. The lowest BCUT2D eigenvalue weighted by atomic mass is 10.1. The third kappa shape index (κ3) is 4.42. The van der Waals surface area contributed by atoms with Gasteiger partial charge in [0.1, 0.15) is 0 Å². The van der Waals surface area contributed by atoms with Crippen molar-refractivity contribution < 1.29 is 8.42 Å². The summed E-state index contributed by atoms with van der Waals surface area (Å²) in [6.45, 7) is 5.85. The molecule has 0 saturated carbocycles. The average molecular weight is 335 g/mol. The van der Waals surface area contributed by atoms with Gasteiger partial charge >= 0.3 is 0 Å². The van der Waals surface area contributed by atoms with Gasteiger partial charge in [0, 0.05) is 24.8 Å². The molecule has 1 aromatic heterocycles. The Morgan fingerprint density at radius 3 is 2.43 bits per heavy atom. The number of hydrogen-bond donors (Lipinski definition) is 1. The van der Waals surface area contributed by atoms with E-state index >= 15 is 0 Å². The smallest absolute Gasteiger partial charge is 0.241 e. The topological polar surface area (TPSA) is 64.0 Å². The molecule has 0 radical (unpaired) electrons. The number of nitrogens with zero attached hydrogens (tertiary/aromatic N) is 2. The minimum atomic E-state index is -3.54. The molecule has 0 amide bonds. The Labute approximate surface area is 138 Å². The maximum Gasteiger partial charge on any atom is 0.241 e. The summed E-state index contributed by atoms with van der Waals surface area (Å²) in [6, 6.07) is 6.81. The van der Waals surface area contributed by atoms with E-state index < -0.39 is 10.0 Å². The van der Waals surface area contributed by atoms with Crippen LogP contribution in [-0.2, 0) is 23.5 Å². The first-order chi connectivity index (χ1) is 10.8. The van der Waals surface area contributed by atoms with Gasteiger partial charge in [0.25, 0.3) is 0 Å². The summed E-state index contributed by atoms with van der Waals surface area (Å²) in [5, 5.41) is 4.26. The molecular weight excluding hydrogens is 310 g/mol. The van der Waals surface area contributed by atoms with E-state index in [-0.39, 0.29) is 6.04 Å². The standard InChI is InChI=1S/C17H25N3O2S/c1-5-6-7-15-8-10-16(11-9-15)23(21,22)19-14(3)17-12-20(4)18-13(17)2/h8-12,14,19H,5-7H2,1-4H3. The van der Waals surface area contributed by atoms with Crippen molar-refractivity contribution in [2.45, 2.75) is 51.0 Å². The average Bonchev–Trinajstić information content (AvgIpc) is 2.84. The molecule has 0 fully saturated rings. The molecule has 23 heavy (non-hydrogen) atoms. The Hall–Kier alpha value is -1.66. The lowest BCUT2D eigenvalue weighted by Crippen LogP contribution is -2.27. The van der Waals surface area contributed by atoms with Crippen LogP contribution in [0, 0.1) is 6.92 Å². The van der Waals surface area contributed by atoms with Crippen LogP contribution in [0.15, 0.2) is 35.4 Å². The first-order valence-electron chi connectivity index (χ1n) is 7.95. The fourth-order valence-electron chi connectivity index (χ4n) is 2.62. The summed E-state index contributed by atoms with van der Waals surface area (Å²) in [7, 11) is -1.71. The molecule has 0 aliphatic carbocycles.